The molecule has 1 N–H and O–H groups in total. The van der Waals surface area contributed by atoms with Gasteiger partial charge in [-0.25, -0.2) is 4.99 Å². The Labute approximate surface area is 57.0 Å². The largest absolute Gasteiger partial charge is 0.293 e. The highest BCUT2D eigenvalue weighted by Crippen LogP contribution is 2.17. The Morgan fingerprint density at radius 1 is 1.60 bits per heavy atom. The molecule has 50 valence electrons. The van der Waals surface area contributed by atoms with Crippen LogP contribution in [0.3, 0.4) is 0 Å². The van der Waals surface area contributed by atoms with Gasteiger partial charge in [-0.1, -0.05) is 0 Å². The molecule has 0 amide bonds. The van der Waals surface area contributed by atoms with Crippen molar-refractivity contribution in [1.29, 1.82) is 0 Å². The van der Waals surface area contributed by atoms with Gasteiger partial charge in [0.15, 0.2) is 11.6 Å². The number of aromatic nitrogens is 2. The number of hydrogen-bond acceptors (Lipinski definition) is 3. The predicted molar refractivity (Wildman–Crippen MR) is 35.5 cm³/mol. The molecule has 0 spiro atoms. The first-order valence-electron chi connectivity index (χ1n) is 2.95. The molecule has 0 unspecified atom stereocenters. The zero-order valence-electron chi connectivity index (χ0n) is 5.16. The van der Waals surface area contributed by atoms with E-state index in [9.17, 15) is 4.79 Å². The van der Waals surface area contributed by atoms with E-state index < -0.39 is 0 Å². The fourth-order valence-corrected chi connectivity index (χ4v) is 0.915. The van der Waals surface area contributed by atoms with Gasteiger partial charge in [0.2, 0.25) is 0 Å². The number of aromatic amines is 1. The fourth-order valence-electron chi connectivity index (χ4n) is 0.915. The second kappa shape index (κ2) is 1.76. The number of nitrogens with zero attached hydrogens (tertiary/aromatic N) is 2. The highest BCUT2D eigenvalue weighted by molar-refractivity contribution is 6.29. The molecule has 0 aliphatic carbocycles. The van der Waals surface area contributed by atoms with E-state index in [1.807, 2.05) is 0 Å². The summed E-state index contributed by atoms with van der Waals surface area (Å²) in [5, 5.41) is 6.43. The van der Waals surface area contributed by atoms with Crippen molar-refractivity contribution in [1.82, 2.24) is 10.2 Å². The van der Waals surface area contributed by atoms with Crippen molar-refractivity contribution in [2.75, 3.05) is 0 Å². The molecule has 1 aromatic rings. The summed E-state index contributed by atoms with van der Waals surface area (Å²) in [6.07, 6.45) is 3.37. The van der Waals surface area contributed by atoms with Crippen LogP contribution in [-0.2, 0) is 11.2 Å². The monoisotopic (exact) mass is 135 g/mol. The Balaban J connectivity index is 2.52. The number of hydrogen-bond donors (Lipinski definition) is 1. The Hall–Kier alpha value is -1.45. The molecule has 4 heteroatoms. The minimum Gasteiger partial charge on any atom is -0.293 e. The molecular formula is C6H5N3O. The van der Waals surface area contributed by atoms with Crippen molar-refractivity contribution >= 4 is 17.8 Å². The molecule has 0 atom stereocenters. The summed E-state index contributed by atoms with van der Waals surface area (Å²) >= 11 is 0. The Morgan fingerprint density at radius 2 is 2.50 bits per heavy atom. The third kappa shape index (κ3) is 0.655. The molecule has 1 aliphatic heterocycles. The smallest absolute Gasteiger partial charge is 0.178 e. The van der Waals surface area contributed by atoms with Crippen LogP contribution in [0.4, 0.5) is 5.82 Å². The van der Waals surface area contributed by atoms with Crippen LogP contribution in [0.2, 0.25) is 0 Å². The van der Waals surface area contributed by atoms with E-state index in [-0.39, 0.29) is 5.78 Å². The quantitative estimate of drug-likeness (QED) is 0.553. The second-order valence-corrected chi connectivity index (χ2v) is 2.15. The molecule has 10 heavy (non-hydrogen) atoms. The molecule has 0 aromatic carbocycles. The number of Topliss-reactive ketones (excluding diaryl/α,β-unsaturated/α-hetero) is 1. The van der Waals surface area contributed by atoms with E-state index in [0.29, 0.717) is 12.2 Å². The van der Waals surface area contributed by atoms with Gasteiger partial charge in [0.05, 0.1) is 12.4 Å². The van der Waals surface area contributed by atoms with Crippen molar-refractivity contribution in [2.45, 2.75) is 6.42 Å². The summed E-state index contributed by atoms with van der Waals surface area (Å²) in [7, 11) is 0. The Kier molecular flexibility index (Phi) is 0.943. The highest BCUT2D eigenvalue weighted by atomic mass is 16.1. The number of aliphatic imine (C=N–C) groups is 1. The van der Waals surface area contributed by atoms with Crippen molar-refractivity contribution in [3.63, 3.8) is 0 Å². The average molecular weight is 135 g/mol. The first kappa shape index (κ1) is 5.34. The van der Waals surface area contributed by atoms with Gasteiger partial charge in [0.25, 0.3) is 0 Å². The predicted octanol–water partition coefficient (Wildman–Crippen LogP) is 0.237. The van der Waals surface area contributed by atoms with Crippen molar-refractivity contribution in [3.8, 4) is 0 Å². The minimum atomic E-state index is 0.0360. The Bertz CT molecular complexity index is 300. The lowest BCUT2D eigenvalue weighted by atomic mass is 10.1. The van der Waals surface area contributed by atoms with Crippen molar-refractivity contribution in [2.24, 2.45) is 4.99 Å². The van der Waals surface area contributed by atoms with Gasteiger partial charge >= 0.3 is 0 Å². The fraction of sp³-hybridized carbons (Fsp3) is 0.167. The molecule has 2 rings (SSSR count). The van der Waals surface area contributed by atoms with E-state index in [0.717, 1.165) is 5.56 Å². The molecule has 0 saturated carbocycles. The van der Waals surface area contributed by atoms with Crippen LogP contribution in [0.1, 0.15) is 5.56 Å². The number of fused-ring (bicyclic) bond motifs is 1. The van der Waals surface area contributed by atoms with Crippen LogP contribution in [0, 0.1) is 0 Å². The zero-order valence-corrected chi connectivity index (χ0v) is 5.16. The van der Waals surface area contributed by atoms with E-state index in [1.165, 1.54) is 6.21 Å². The topological polar surface area (TPSA) is 58.1 Å². The maximum absolute atomic E-state index is 10.7. The van der Waals surface area contributed by atoms with E-state index in [2.05, 4.69) is 15.2 Å². The standard InChI is InChI=1S/C6H5N3O/c10-5-1-4-2-8-9-6(4)7-3-5/h2-3H,1H2,(H,8,9). The normalized spacial score (nSPS) is 15.4. The SMILES string of the molecule is O=C1C=Nc2[nH]ncc2C1. The molecule has 1 aliphatic rings. The van der Waals surface area contributed by atoms with Crippen molar-refractivity contribution in [3.05, 3.63) is 11.8 Å². The number of carbonyl (C=O) groups is 1. The van der Waals surface area contributed by atoms with Gasteiger partial charge in [-0.15, -0.1) is 0 Å². The van der Waals surface area contributed by atoms with Crippen LogP contribution in [0.5, 0.6) is 0 Å². The molecule has 4 nitrogen and oxygen atoms in total. The van der Waals surface area contributed by atoms with Gasteiger partial charge < -0.3 is 0 Å². The maximum atomic E-state index is 10.7. The number of H-pyrrole nitrogens is 1. The van der Waals surface area contributed by atoms with Crippen LogP contribution in [0.25, 0.3) is 0 Å². The maximum Gasteiger partial charge on any atom is 0.178 e. The molecule has 0 radical (unpaired) electrons. The van der Waals surface area contributed by atoms with E-state index in [4.69, 9.17) is 0 Å². The Morgan fingerprint density at radius 3 is 3.40 bits per heavy atom. The van der Waals surface area contributed by atoms with Gasteiger partial charge in [-0.05, 0) is 0 Å². The summed E-state index contributed by atoms with van der Waals surface area (Å²) in [5.74, 6) is 0.744. The van der Waals surface area contributed by atoms with E-state index >= 15 is 0 Å². The first-order valence-corrected chi connectivity index (χ1v) is 2.95. The van der Waals surface area contributed by atoms with E-state index in [1.54, 1.807) is 6.20 Å². The van der Waals surface area contributed by atoms with Crippen LogP contribution < -0.4 is 0 Å². The number of rotatable bonds is 0. The van der Waals surface area contributed by atoms with Crippen LogP contribution in [0.15, 0.2) is 11.2 Å². The first-order chi connectivity index (χ1) is 4.86. The zero-order chi connectivity index (χ0) is 6.97. The lowest BCUT2D eigenvalue weighted by molar-refractivity contribution is -0.112. The molecule has 1 aromatic heterocycles. The lowest BCUT2D eigenvalue weighted by Gasteiger charge is -1.98. The molecule has 2 heterocycles. The number of nitrogens with one attached hydrogen (secondary N) is 1. The number of carbonyl (C=O) groups excluding carboxylic acids is 1. The molecule has 0 saturated heterocycles. The summed E-state index contributed by atoms with van der Waals surface area (Å²) in [4.78, 5) is 14.6. The highest BCUT2D eigenvalue weighted by Gasteiger charge is 2.11. The average Bonchev–Trinajstić information content (AvgIpc) is 2.33. The van der Waals surface area contributed by atoms with Crippen molar-refractivity contribution < 1.29 is 4.79 Å². The summed E-state index contributed by atoms with van der Waals surface area (Å²) in [5.41, 5.74) is 0.882. The third-order valence-corrected chi connectivity index (χ3v) is 1.40. The van der Waals surface area contributed by atoms with Gasteiger partial charge in [-0.2, -0.15) is 5.10 Å². The summed E-state index contributed by atoms with van der Waals surface area (Å²) in [6.45, 7) is 0. The third-order valence-electron chi connectivity index (χ3n) is 1.40. The minimum absolute atomic E-state index is 0.0360. The summed E-state index contributed by atoms with van der Waals surface area (Å²) in [6, 6.07) is 0. The van der Waals surface area contributed by atoms with Crippen LogP contribution in [-0.4, -0.2) is 22.2 Å². The lowest BCUT2D eigenvalue weighted by Crippen LogP contribution is -2.06. The van der Waals surface area contributed by atoms with Gasteiger partial charge in [0.1, 0.15) is 0 Å². The summed E-state index contributed by atoms with van der Waals surface area (Å²) < 4.78 is 0. The van der Waals surface area contributed by atoms with Crippen LogP contribution >= 0.6 is 0 Å². The van der Waals surface area contributed by atoms with Gasteiger partial charge in [0, 0.05) is 12.0 Å². The molecule has 0 bridgehead atoms. The van der Waals surface area contributed by atoms with Gasteiger partial charge in [-0.3, -0.25) is 9.89 Å². The second-order valence-electron chi connectivity index (χ2n) is 2.15. The number of ketones is 1. The molecule has 0 fully saturated rings. The molecular weight excluding hydrogens is 130 g/mol.